The number of hydrogen-bond acceptors (Lipinski definition) is 5. The normalized spacial score (nSPS) is 15.0. The molecule has 0 spiro atoms. The lowest BCUT2D eigenvalue weighted by Crippen LogP contribution is -2.50. The van der Waals surface area contributed by atoms with E-state index in [2.05, 4.69) is 9.97 Å². The molecule has 5 nitrogen and oxygen atoms in total. The van der Waals surface area contributed by atoms with Crippen molar-refractivity contribution in [2.75, 3.05) is 30.8 Å². The first-order valence-corrected chi connectivity index (χ1v) is 8.63. The molecule has 24 heavy (non-hydrogen) atoms. The predicted octanol–water partition coefficient (Wildman–Crippen LogP) is 2.33. The van der Waals surface area contributed by atoms with Crippen LogP contribution in [0.1, 0.15) is 5.56 Å². The Bertz CT molecular complexity index is 759. The van der Waals surface area contributed by atoms with Crippen molar-refractivity contribution >= 4 is 23.5 Å². The highest BCUT2D eigenvalue weighted by atomic mass is 32.2. The van der Waals surface area contributed by atoms with Gasteiger partial charge in [0.05, 0.1) is 6.54 Å². The van der Waals surface area contributed by atoms with E-state index in [-0.39, 0.29) is 19.0 Å². The largest absolute Gasteiger partial charge is 0.345 e. The summed E-state index contributed by atoms with van der Waals surface area (Å²) < 4.78 is 26.3. The van der Waals surface area contributed by atoms with Gasteiger partial charge in [-0.15, -0.1) is 0 Å². The number of thioether (sulfide) groups is 1. The first kappa shape index (κ1) is 16.6. The third-order valence-corrected chi connectivity index (χ3v) is 4.36. The molecule has 8 heteroatoms. The molecule has 1 amide bonds. The smallest absolute Gasteiger partial charge is 0.242 e. The van der Waals surface area contributed by atoms with Crippen molar-refractivity contribution in [3.63, 3.8) is 0 Å². The summed E-state index contributed by atoms with van der Waals surface area (Å²) in [7, 11) is 0. The molecule has 0 unspecified atom stereocenters. The molecule has 2 aromatic rings. The number of rotatable bonds is 4. The number of hydrogen-bond donors (Lipinski definition) is 0. The van der Waals surface area contributed by atoms with Crippen LogP contribution in [0.15, 0.2) is 35.6 Å². The second-order valence-corrected chi connectivity index (χ2v) is 6.16. The molecule has 0 saturated carbocycles. The molecule has 1 aromatic heterocycles. The summed E-state index contributed by atoms with van der Waals surface area (Å²) in [4.78, 5) is 24.4. The average molecular weight is 350 g/mol. The molecule has 0 radical (unpaired) electrons. The molecule has 1 aliphatic rings. The average Bonchev–Trinajstić information content (AvgIpc) is 2.60. The van der Waals surface area contributed by atoms with Gasteiger partial charge in [-0.2, -0.15) is 0 Å². The van der Waals surface area contributed by atoms with Gasteiger partial charge < -0.3 is 9.80 Å². The lowest BCUT2D eigenvalue weighted by Gasteiger charge is -2.35. The van der Waals surface area contributed by atoms with Crippen LogP contribution in [0.2, 0.25) is 0 Å². The molecular formula is C16H16F2N4OS. The van der Waals surface area contributed by atoms with Crippen molar-refractivity contribution in [1.29, 1.82) is 0 Å². The SMILES string of the molecule is CSc1nccc(N2CCN(Cc3ccc(F)c(F)c3)C(=O)C2)n1. The third-order valence-electron chi connectivity index (χ3n) is 3.80. The fraction of sp³-hybridized carbons (Fsp3) is 0.312. The van der Waals surface area contributed by atoms with Crippen molar-refractivity contribution in [3.8, 4) is 0 Å². The molecule has 0 aliphatic carbocycles. The van der Waals surface area contributed by atoms with E-state index >= 15 is 0 Å². The maximum absolute atomic E-state index is 13.3. The van der Waals surface area contributed by atoms with E-state index in [9.17, 15) is 13.6 Å². The fourth-order valence-corrected chi connectivity index (χ4v) is 2.89. The van der Waals surface area contributed by atoms with E-state index in [1.54, 1.807) is 17.2 Å². The standard InChI is InChI=1S/C16H16F2N4OS/c1-24-16-19-5-4-14(20-16)21-6-7-22(15(23)10-21)9-11-2-3-12(17)13(18)8-11/h2-5,8H,6-7,9-10H2,1H3. The summed E-state index contributed by atoms with van der Waals surface area (Å²) in [6.45, 7) is 1.59. The van der Waals surface area contributed by atoms with Crippen LogP contribution in [-0.4, -0.2) is 46.7 Å². The van der Waals surface area contributed by atoms with Gasteiger partial charge in [0.1, 0.15) is 5.82 Å². The third kappa shape index (κ3) is 3.64. The maximum Gasteiger partial charge on any atom is 0.242 e. The number of benzene rings is 1. The van der Waals surface area contributed by atoms with Crippen molar-refractivity contribution in [2.45, 2.75) is 11.7 Å². The zero-order chi connectivity index (χ0) is 17.1. The molecule has 0 N–H and O–H groups in total. The monoisotopic (exact) mass is 350 g/mol. The molecule has 1 aromatic carbocycles. The number of amides is 1. The minimum atomic E-state index is -0.899. The van der Waals surface area contributed by atoms with Crippen LogP contribution in [0, 0.1) is 11.6 Å². The number of carbonyl (C=O) groups is 1. The second kappa shape index (κ2) is 7.12. The van der Waals surface area contributed by atoms with Crippen molar-refractivity contribution < 1.29 is 13.6 Å². The quantitative estimate of drug-likeness (QED) is 0.626. The van der Waals surface area contributed by atoms with Gasteiger partial charge in [0.25, 0.3) is 0 Å². The first-order valence-electron chi connectivity index (χ1n) is 7.40. The van der Waals surface area contributed by atoms with Gasteiger partial charge in [0, 0.05) is 25.8 Å². The van der Waals surface area contributed by atoms with Gasteiger partial charge in [0.2, 0.25) is 5.91 Å². The van der Waals surface area contributed by atoms with E-state index in [1.807, 2.05) is 11.2 Å². The molecular weight excluding hydrogens is 334 g/mol. The Morgan fingerprint density at radius 3 is 2.75 bits per heavy atom. The highest BCUT2D eigenvalue weighted by Gasteiger charge is 2.25. The molecule has 1 aliphatic heterocycles. The Morgan fingerprint density at radius 2 is 2.04 bits per heavy atom. The Kier molecular flexibility index (Phi) is 4.94. The van der Waals surface area contributed by atoms with Gasteiger partial charge >= 0.3 is 0 Å². The summed E-state index contributed by atoms with van der Waals surface area (Å²) in [5, 5.41) is 0.657. The van der Waals surface area contributed by atoms with Gasteiger partial charge in [-0.1, -0.05) is 17.8 Å². The predicted molar refractivity (Wildman–Crippen MR) is 87.8 cm³/mol. The summed E-state index contributed by atoms with van der Waals surface area (Å²) in [6.07, 6.45) is 3.57. The summed E-state index contributed by atoms with van der Waals surface area (Å²) in [5.74, 6) is -1.14. The minimum Gasteiger partial charge on any atom is -0.345 e. The molecule has 1 saturated heterocycles. The highest BCUT2D eigenvalue weighted by Crippen LogP contribution is 2.18. The van der Waals surface area contributed by atoms with Crippen LogP contribution in [0.5, 0.6) is 0 Å². The Morgan fingerprint density at radius 1 is 1.21 bits per heavy atom. The van der Waals surface area contributed by atoms with Crippen LogP contribution in [0.25, 0.3) is 0 Å². The molecule has 2 heterocycles. The number of halogens is 2. The van der Waals surface area contributed by atoms with Crippen molar-refractivity contribution in [2.24, 2.45) is 0 Å². The van der Waals surface area contributed by atoms with Crippen LogP contribution in [0.3, 0.4) is 0 Å². The zero-order valence-electron chi connectivity index (χ0n) is 13.1. The minimum absolute atomic E-state index is 0.0738. The lowest BCUT2D eigenvalue weighted by molar-refractivity contribution is -0.131. The summed E-state index contributed by atoms with van der Waals surface area (Å²) in [5.41, 5.74) is 0.572. The number of carbonyl (C=O) groups excluding carboxylic acids is 1. The van der Waals surface area contributed by atoms with Crippen molar-refractivity contribution in [3.05, 3.63) is 47.7 Å². The Labute approximate surface area is 142 Å². The number of anilines is 1. The summed E-state index contributed by atoms with van der Waals surface area (Å²) in [6, 6.07) is 5.48. The lowest BCUT2D eigenvalue weighted by atomic mass is 10.2. The Balaban J connectivity index is 1.66. The number of aromatic nitrogens is 2. The number of nitrogens with zero attached hydrogens (tertiary/aromatic N) is 4. The van der Waals surface area contributed by atoms with Crippen LogP contribution < -0.4 is 4.90 Å². The molecule has 1 fully saturated rings. The maximum atomic E-state index is 13.3. The van der Waals surface area contributed by atoms with E-state index in [4.69, 9.17) is 0 Å². The first-order chi connectivity index (χ1) is 11.6. The Hall–Kier alpha value is -2.22. The van der Waals surface area contributed by atoms with E-state index < -0.39 is 11.6 Å². The molecule has 0 bridgehead atoms. The second-order valence-electron chi connectivity index (χ2n) is 5.39. The van der Waals surface area contributed by atoms with E-state index in [0.717, 1.165) is 18.0 Å². The van der Waals surface area contributed by atoms with Gasteiger partial charge in [0.15, 0.2) is 16.8 Å². The fourth-order valence-electron chi connectivity index (χ4n) is 2.54. The van der Waals surface area contributed by atoms with Crippen LogP contribution >= 0.6 is 11.8 Å². The topological polar surface area (TPSA) is 49.3 Å². The summed E-state index contributed by atoms with van der Waals surface area (Å²) >= 11 is 1.44. The van der Waals surface area contributed by atoms with Crippen molar-refractivity contribution in [1.82, 2.24) is 14.9 Å². The van der Waals surface area contributed by atoms with Gasteiger partial charge in [-0.25, -0.2) is 18.7 Å². The molecule has 3 rings (SSSR count). The highest BCUT2D eigenvalue weighted by molar-refractivity contribution is 7.98. The van der Waals surface area contributed by atoms with Crippen LogP contribution in [0.4, 0.5) is 14.6 Å². The molecule has 0 atom stereocenters. The van der Waals surface area contributed by atoms with Gasteiger partial charge in [-0.3, -0.25) is 4.79 Å². The number of piperazine rings is 1. The van der Waals surface area contributed by atoms with E-state index in [0.29, 0.717) is 23.8 Å². The zero-order valence-corrected chi connectivity index (χ0v) is 13.9. The van der Waals surface area contributed by atoms with E-state index in [1.165, 1.54) is 17.8 Å². The molecule has 126 valence electrons. The van der Waals surface area contributed by atoms with Gasteiger partial charge in [-0.05, 0) is 30.0 Å². The van der Waals surface area contributed by atoms with Crippen LogP contribution in [-0.2, 0) is 11.3 Å².